The number of nitrogens with one attached hydrogen (secondary N) is 1. The molecule has 0 aliphatic rings. The van der Waals surface area contributed by atoms with Crippen molar-refractivity contribution >= 4 is 23.9 Å². The molecule has 1 aromatic carbocycles. The molecule has 1 aromatic rings. The minimum Gasteiger partial charge on any atom is -0.465 e. The minimum atomic E-state index is -0.971. The molecule has 0 saturated heterocycles. The predicted molar refractivity (Wildman–Crippen MR) is 76.1 cm³/mol. The van der Waals surface area contributed by atoms with Gasteiger partial charge in [0.15, 0.2) is 5.75 Å². The molecule has 0 bridgehead atoms. The van der Waals surface area contributed by atoms with Crippen LogP contribution < -0.4 is 10.1 Å². The lowest BCUT2D eigenvalue weighted by Gasteiger charge is -2.11. The topological polar surface area (TPSA) is 100 Å². The zero-order chi connectivity index (χ0) is 16.5. The largest absolute Gasteiger partial charge is 0.513 e. The third kappa shape index (κ3) is 4.97. The van der Waals surface area contributed by atoms with Crippen molar-refractivity contribution < 1.29 is 33.3 Å². The fraction of sp³-hybridized carbons (Fsp3) is 0.357. The molecule has 1 rings (SSSR count). The summed E-state index contributed by atoms with van der Waals surface area (Å²) in [4.78, 5) is 34.4. The van der Waals surface area contributed by atoms with Crippen molar-refractivity contribution in [1.29, 1.82) is 0 Å². The molecule has 120 valence electrons. The second-order valence-corrected chi connectivity index (χ2v) is 3.83. The molecule has 1 N–H and O–H groups in total. The maximum atomic E-state index is 11.6. The zero-order valence-electron chi connectivity index (χ0n) is 12.5. The van der Waals surface area contributed by atoms with E-state index in [0.29, 0.717) is 0 Å². The predicted octanol–water partition coefficient (Wildman–Crippen LogP) is 2.58. The molecule has 0 heterocycles. The number of ether oxygens (including phenoxy) is 4. The summed E-state index contributed by atoms with van der Waals surface area (Å²) in [7, 11) is 1.20. The molecule has 0 aromatic heterocycles. The lowest BCUT2D eigenvalue weighted by molar-refractivity contribution is 0.0595. The molecular weight excluding hydrogens is 294 g/mol. The lowest BCUT2D eigenvalue weighted by Crippen LogP contribution is -2.16. The van der Waals surface area contributed by atoms with Gasteiger partial charge in [-0.2, -0.15) is 0 Å². The Hall–Kier alpha value is -2.77. The van der Waals surface area contributed by atoms with Gasteiger partial charge in [-0.3, -0.25) is 5.32 Å². The van der Waals surface area contributed by atoms with Crippen molar-refractivity contribution in [2.45, 2.75) is 13.8 Å². The Morgan fingerprint density at radius 2 is 1.77 bits per heavy atom. The zero-order valence-corrected chi connectivity index (χ0v) is 12.5. The molecule has 0 saturated carbocycles. The number of hydrogen-bond acceptors (Lipinski definition) is 7. The maximum absolute atomic E-state index is 11.6. The first-order valence-electron chi connectivity index (χ1n) is 6.52. The Morgan fingerprint density at radius 1 is 1.09 bits per heavy atom. The van der Waals surface area contributed by atoms with E-state index in [4.69, 9.17) is 9.47 Å². The van der Waals surface area contributed by atoms with E-state index in [0.717, 1.165) is 0 Å². The number of esters is 1. The summed E-state index contributed by atoms with van der Waals surface area (Å²) in [5.74, 6) is -0.790. The van der Waals surface area contributed by atoms with Gasteiger partial charge in [0.2, 0.25) is 0 Å². The van der Waals surface area contributed by atoms with Crippen LogP contribution in [0.2, 0.25) is 0 Å². The fourth-order valence-electron chi connectivity index (χ4n) is 1.49. The van der Waals surface area contributed by atoms with Gasteiger partial charge >= 0.3 is 18.2 Å². The van der Waals surface area contributed by atoms with Crippen molar-refractivity contribution in [2.24, 2.45) is 0 Å². The molecule has 0 spiro atoms. The minimum absolute atomic E-state index is 0.0185. The van der Waals surface area contributed by atoms with E-state index >= 15 is 0 Å². The maximum Gasteiger partial charge on any atom is 0.513 e. The lowest BCUT2D eigenvalue weighted by atomic mass is 10.2. The van der Waals surface area contributed by atoms with Crippen LogP contribution in [0, 0.1) is 0 Å². The first-order valence-corrected chi connectivity index (χ1v) is 6.52. The Kier molecular flexibility index (Phi) is 6.68. The van der Waals surface area contributed by atoms with Crippen LogP contribution in [0.3, 0.4) is 0 Å². The summed E-state index contributed by atoms with van der Waals surface area (Å²) in [6, 6.07) is 4.09. The molecule has 0 fully saturated rings. The van der Waals surface area contributed by atoms with E-state index in [1.54, 1.807) is 13.8 Å². The summed E-state index contributed by atoms with van der Waals surface area (Å²) in [5.41, 5.74) is 0.301. The van der Waals surface area contributed by atoms with Crippen molar-refractivity contribution in [3.8, 4) is 5.75 Å². The van der Waals surface area contributed by atoms with Gasteiger partial charge < -0.3 is 18.9 Å². The van der Waals surface area contributed by atoms with Gasteiger partial charge in [0.1, 0.15) is 5.56 Å². The molecule has 22 heavy (non-hydrogen) atoms. The highest BCUT2D eigenvalue weighted by molar-refractivity contribution is 5.95. The molecule has 0 atom stereocenters. The average molecular weight is 311 g/mol. The van der Waals surface area contributed by atoms with Gasteiger partial charge in [-0.05, 0) is 26.0 Å². The van der Waals surface area contributed by atoms with Gasteiger partial charge in [-0.1, -0.05) is 0 Å². The smallest absolute Gasteiger partial charge is 0.465 e. The average Bonchev–Trinajstić information content (AvgIpc) is 2.47. The van der Waals surface area contributed by atoms with Crippen LogP contribution in [-0.4, -0.2) is 38.5 Å². The van der Waals surface area contributed by atoms with E-state index in [1.807, 2.05) is 0 Å². The van der Waals surface area contributed by atoms with Crippen LogP contribution in [0.25, 0.3) is 0 Å². The fourth-order valence-corrected chi connectivity index (χ4v) is 1.49. The van der Waals surface area contributed by atoms with Crippen molar-refractivity contribution in [2.75, 3.05) is 25.6 Å². The van der Waals surface area contributed by atoms with Gasteiger partial charge in [-0.15, -0.1) is 0 Å². The highest BCUT2D eigenvalue weighted by atomic mass is 16.7. The molecule has 8 heteroatoms. The Morgan fingerprint density at radius 3 is 2.36 bits per heavy atom. The van der Waals surface area contributed by atoms with E-state index in [1.165, 1.54) is 25.3 Å². The van der Waals surface area contributed by atoms with Crippen molar-refractivity contribution in [1.82, 2.24) is 0 Å². The van der Waals surface area contributed by atoms with Gasteiger partial charge in [-0.25, -0.2) is 14.4 Å². The first-order chi connectivity index (χ1) is 10.5. The van der Waals surface area contributed by atoms with Crippen LogP contribution in [0.4, 0.5) is 15.3 Å². The number of amides is 1. The Bertz CT molecular complexity index is 556. The highest BCUT2D eigenvalue weighted by Crippen LogP contribution is 2.25. The quantitative estimate of drug-likeness (QED) is 0.506. The number of rotatable bonds is 5. The molecule has 8 nitrogen and oxygen atoms in total. The van der Waals surface area contributed by atoms with E-state index in [9.17, 15) is 14.4 Å². The molecule has 0 aliphatic heterocycles. The first kappa shape index (κ1) is 17.3. The molecule has 0 aliphatic carbocycles. The summed E-state index contributed by atoms with van der Waals surface area (Å²) >= 11 is 0. The third-order valence-corrected chi connectivity index (χ3v) is 2.36. The van der Waals surface area contributed by atoms with E-state index in [-0.39, 0.29) is 30.2 Å². The number of methoxy groups -OCH3 is 1. The monoisotopic (exact) mass is 311 g/mol. The van der Waals surface area contributed by atoms with Crippen LogP contribution in [0.1, 0.15) is 24.2 Å². The van der Waals surface area contributed by atoms with Crippen LogP contribution in [-0.2, 0) is 14.2 Å². The van der Waals surface area contributed by atoms with Crippen molar-refractivity contribution in [3.63, 3.8) is 0 Å². The Labute approximate surface area is 127 Å². The van der Waals surface area contributed by atoms with Crippen LogP contribution in [0.5, 0.6) is 5.75 Å². The van der Waals surface area contributed by atoms with Crippen LogP contribution >= 0.6 is 0 Å². The summed E-state index contributed by atoms with van der Waals surface area (Å²) in [6.45, 7) is 3.60. The van der Waals surface area contributed by atoms with Gasteiger partial charge in [0, 0.05) is 11.8 Å². The molecule has 0 radical (unpaired) electrons. The second kappa shape index (κ2) is 8.50. The molecule has 0 unspecified atom stereocenters. The number of benzene rings is 1. The van der Waals surface area contributed by atoms with Gasteiger partial charge in [0.05, 0.1) is 20.3 Å². The number of carbonyl (C=O) groups is 3. The van der Waals surface area contributed by atoms with Crippen molar-refractivity contribution in [3.05, 3.63) is 23.8 Å². The number of hydrogen-bond donors (Lipinski definition) is 1. The van der Waals surface area contributed by atoms with E-state index < -0.39 is 18.2 Å². The summed E-state index contributed by atoms with van der Waals surface area (Å²) in [5, 5.41) is 2.43. The van der Waals surface area contributed by atoms with E-state index in [2.05, 4.69) is 14.8 Å². The molecular formula is C14H17NO7. The number of anilines is 1. The molecule has 1 amide bonds. The Balaban J connectivity index is 3.02. The normalized spacial score (nSPS) is 9.59. The summed E-state index contributed by atoms with van der Waals surface area (Å²) in [6.07, 6.45) is -1.64. The SMILES string of the molecule is CCOC(=O)Nc1ccc(C(=O)OC)c(OC(=O)OCC)c1. The third-order valence-electron chi connectivity index (χ3n) is 2.36. The second-order valence-electron chi connectivity index (χ2n) is 3.83. The summed E-state index contributed by atoms with van der Waals surface area (Å²) < 4.78 is 18.9. The standard InChI is InChI=1S/C14H17NO7/c1-4-20-13(17)15-9-6-7-10(12(16)19-3)11(8-9)22-14(18)21-5-2/h6-8H,4-5H2,1-3H3,(H,15,17). The highest BCUT2D eigenvalue weighted by Gasteiger charge is 2.18. The van der Waals surface area contributed by atoms with Crippen LogP contribution in [0.15, 0.2) is 18.2 Å². The number of carbonyl (C=O) groups excluding carboxylic acids is 3. The van der Waals surface area contributed by atoms with Gasteiger partial charge in [0.25, 0.3) is 0 Å².